The molecule has 0 unspecified atom stereocenters. The van der Waals surface area contributed by atoms with Gasteiger partial charge in [-0.05, 0) is 32.9 Å². The normalized spacial score (nSPS) is 21.3. The van der Waals surface area contributed by atoms with Crippen molar-refractivity contribution in [1.82, 2.24) is 4.98 Å². The van der Waals surface area contributed by atoms with E-state index in [1.54, 1.807) is 0 Å². The van der Waals surface area contributed by atoms with E-state index >= 15 is 0 Å². The van der Waals surface area contributed by atoms with E-state index in [1.807, 2.05) is 19.2 Å². The summed E-state index contributed by atoms with van der Waals surface area (Å²) in [5.74, 6) is 0. The molecule has 4 heteroatoms. The molecule has 0 saturated carbocycles. The Hall–Kier alpha value is -1.13. The van der Waals surface area contributed by atoms with Crippen LogP contribution in [0.15, 0.2) is 18.3 Å². The van der Waals surface area contributed by atoms with Crippen LogP contribution in [0, 0.1) is 0 Å². The molecule has 0 aliphatic carbocycles. The third kappa shape index (κ3) is 2.58. The topological polar surface area (TPSA) is 51.4 Å². The number of aromatic nitrogens is 1. The van der Waals surface area contributed by atoms with Crippen LogP contribution in [-0.4, -0.2) is 30.3 Å². The molecule has 1 aromatic rings. The Bertz CT molecular complexity index is 373. The summed E-state index contributed by atoms with van der Waals surface area (Å²) in [4.78, 5) is 6.75. The van der Waals surface area contributed by atoms with Crippen molar-refractivity contribution in [2.24, 2.45) is 5.73 Å². The van der Waals surface area contributed by atoms with Gasteiger partial charge in [0.15, 0.2) is 0 Å². The van der Waals surface area contributed by atoms with Gasteiger partial charge in [0.1, 0.15) is 0 Å². The highest BCUT2D eigenvalue weighted by Gasteiger charge is 2.30. The number of hydrogen-bond acceptors (Lipinski definition) is 4. The maximum absolute atomic E-state index is 5.80. The number of pyridine rings is 1. The fourth-order valence-corrected chi connectivity index (χ4v) is 2.16. The third-order valence-electron chi connectivity index (χ3n) is 3.19. The van der Waals surface area contributed by atoms with Crippen LogP contribution >= 0.6 is 0 Å². The minimum Gasteiger partial charge on any atom is -0.377 e. The first kappa shape index (κ1) is 12.3. The quantitative estimate of drug-likeness (QED) is 0.848. The van der Waals surface area contributed by atoms with Crippen molar-refractivity contribution in [2.45, 2.75) is 32.4 Å². The second kappa shape index (κ2) is 4.63. The third-order valence-corrected chi connectivity index (χ3v) is 3.19. The van der Waals surface area contributed by atoms with Gasteiger partial charge in [0, 0.05) is 12.6 Å². The fraction of sp³-hybridized carbons (Fsp3) is 0.615. The van der Waals surface area contributed by atoms with Gasteiger partial charge in [-0.2, -0.15) is 0 Å². The molecule has 2 rings (SSSR count). The lowest BCUT2D eigenvalue weighted by atomic mass is 10.0. The van der Waals surface area contributed by atoms with Gasteiger partial charge < -0.3 is 15.4 Å². The molecule has 1 aliphatic rings. The van der Waals surface area contributed by atoms with Gasteiger partial charge in [-0.3, -0.25) is 4.98 Å². The van der Waals surface area contributed by atoms with Gasteiger partial charge >= 0.3 is 0 Å². The number of hydrogen-bond donors (Lipinski definition) is 1. The summed E-state index contributed by atoms with van der Waals surface area (Å²) in [6.45, 7) is 8.75. The predicted octanol–water partition coefficient (Wildman–Crippen LogP) is 1.72. The van der Waals surface area contributed by atoms with E-state index in [1.165, 1.54) is 0 Å². The van der Waals surface area contributed by atoms with Crippen LogP contribution in [0.3, 0.4) is 0 Å². The Balaban J connectivity index is 2.21. The first-order valence-corrected chi connectivity index (χ1v) is 6.07. The number of nitrogens with zero attached hydrogens (tertiary/aromatic N) is 2. The summed E-state index contributed by atoms with van der Waals surface area (Å²) in [5, 5.41) is 0. The van der Waals surface area contributed by atoms with E-state index in [2.05, 4.69) is 29.8 Å². The molecule has 0 aromatic carbocycles. The van der Waals surface area contributed by atoms with Crippen LogP contribution < -0.4 is 10.6 Å². The van der Waals surface area contributed by atoms with E-state index in [-0.39, 0.29) is 11.6 Å². The van der Waals surface area contributed by atoms with Gasteiger partial charge in [-0.15, -0.1) is 0 Å². The molecule has 0 spiro atoms. The van der Waals surface area contributed by atoms with E-state index in [9.17, 15) is 0 Å². The molecule has 0 amide bonds. The van der Waals surface area contributed by atoms with Gasteiger partial charge in [-0.25, -0.2) is 0 Å². The number of anilines is 1. The van der Waals surface area contributed by atoms with Crippen LogP contribution in [0.2, 0.25) is 0 Å². The largest absolute Gasteiger partial charge is 0.377 e. The lowest BCUT2D eigenvalue weighted by Crippen LogP contribution is -2.53. The summed E-state index contributed by atoms with van der Waals surface area (Å²) in [7, 11) is 0. The van der Waals surface area contributed by atoms with Gasteiger partial charge in [0.2, 0.25) is 0 Å². The van der Waals surface area contributed by atoms with Crippen molar-refractivity contribution < 1.29 is 4.74 Å². The molecule has 1 fully saturated rings. The van der Waals surface area contributed by atoms with Crippen molar-refractivity contribution in [3.8, 4) is 0 Å². The highest BCUT2D eigenvalue weighted by Crippen LogP contribution is 2.26. The highest BCUT2D eigenvalue weighted by atomic mass is 16.5. The zero-order chi connectivity index (χ0) is 12.5. The zero-order valence-electron chi connectivity index (χ0n) is 10.8. The molecule has 2 N–H and O–H groups in total. The molecular weight excluding hydrogens is 214 g/mol. The minimum absolute atomic E-state index is 0.0123. The zero-order valence-corrected chi connectivity index (χ0v) is 10.8. The summed E-state index contributed by atoms with van der Waals surface area (Å²) in [5.41, 5.74) is 7.89. The Kier molecular flexibility index (Phi) is 3.35. The second-order valence-corrected chi connectivity index (χ2v) is 5.25. The minimum atomic E-state index is -0.0123. The van der Waals surface area contributed by atoms with Crippen LogP contribution in [-0.2, 0) is 4.74 Å². The van der Waals surface area contributed by atoms with Crippen molar-refractivity contribution in [3.05, 3.63) is 24.0 Å². The Morgan fingerprint density at radius 2 is 2.24 bits per heavy atom. The molecule has 1 saturated heterocycles. The monoisotopic (exact) mass is 235 g/mol. The summed E-state index contributed by atoms with van der Waals surface area (Å²) >= 11 is 0. The average Bonchev–Trinajstić information content (AvgIpc) is 2.28. The Morgan fingerprint density at radius 1 is 1.47 bits per heavy atom. The van der Waals surface area contributed by atoms with Crippen molar-refractivity contribution in [1.29, 1.82) is 0 Å². The second-order valence-electron chi connectivity index (χ2n) is 5.25. The van der Waals surface area contributed by atoms with E-state index in [0.29, 0.717) is 0 Å². The summed E-state index contributed by atoms with van der Waals surface area (Å²) in [6.07, 6.45) is 1.91. The van der Waals surface area contributed by atoms with Gasteiger partial charge in [0.05, 0.1) is 36.3 Å². The molecule has 1 aromatic heterocycles. The first-order chi connectivity index (χ1) is 8.00. The molecule has 0 bridgehead atoms. The predicted molar refractivity (Wildman–Crippen MR) is 69.1 cm³/mol. The molecule has 1 aliphatic heterocycles. The standard InChI is InChI=1S/C13H21N3O/c1-10(14)12-5-4-11(8-15-12)16-6-7-17-9-13(16,2)3/h4-5,8,10H,6-7,9,14H2,1-3H3/t10-/m0/s1. The molecule has 2 heterocycles. The summed E-state index contributed by atoms with van der Waals surface area (Å²) < 4.78 is 5.52. The number of morpholine rings is 1. The number of rotatable bonds is 2. The smallest absolute Gasteiger partial charge is 0.0694 e. The van der Waals surface area contributed by atoms with Crippen LogP contribution in [0.1, 0.15) is 32.5 Å². The SMILES string of the molecule is C[C@H](N)c1ccc(N2CCOCC2(C)C)cn1. The molecule has 0 radical (unpaired) electrons. The van der Waals surface area contributed by atoms with Gasteiger partial charge in [-0.1, -0.05) is 0 Å². The first-order valence-electron chi connectivity index (χ1n) is 6.07. The lowest BCUT2D eigenvalue weighted by molar-refractivity contribution is 0.0643. The van der Waals surface area contributed by atoms with E-state index in [0.717, 1.165) is 31.1 Å². The fourth-order valence-electron chi connectivity index (χ4n) is 2.16. The molecule has 17 heavy (non-hydrogen) atoms. The molecule has 94 valence electrons. The number of ether oxygens (including phenoxy) is 1. The van der Waals surface area contributed by atoms with Crippen LogP contribution in [0.4, 0.5) is 5.69 Å². The molecule has 1 atom stereocenters. The van der Waals surface area contributed by atoms with Crippen LogP contribution in [0.25, 0.3) is 0 Å². The lowest BCUT2D eigenvalue weighted by Gasteiger charge is -2.43. The summed E-state index contributed by atoms with van der Waals surface area (Å²) in [6, 6.07) is 4.09. The number of nitrogens with two attached hydrogens (primary N) is 1. The maximum Gasteiger partial charge on any atom is 0.0694 e. The van der Waals surface area contributed by atoms with E-state index < -0.39 is 0 Å². The molecular formula is C13H21N3O. The average molecular weight is 235 g/mol. The Labute approximate surface area is 103 Å². The van der Waals surface area contributed by atoms with Crippen LogP contribution in [0.5, 0.6) is 0 Å². The van der Waals surface area contributed by atoms with Crippen molar-refractivity contribution in [3.63, 3.8) is 0 Å². The van der Waals surface area contributed by atoms with Crippen molar-refractivity contribution >= 4 is 5.69 Å². The highest BCUT2D eigenvalue weighted by molar-refractivity contribution is 5.48. The van der Waals surface area contributed by atoms with Crippen molar-refractivity contribution in [2.75, 3.05) is 24.7 Å². The Morgan fingerprint density at radius 3 is 2.76 bits per heavy atom. The van der Waals surface area contributed by atoms with E-state index in [4.69, 9.17) is 10.5 Å². The maximum atomic E-state index is 5.80. The molecule has 4 nitrogen and oxygen atoms in total. The van der Waals surface area contributed by atoms with Gasteiger partial charge in [0.25, 0.3) is 0 Å².